The Balaban J connectivity index is 1.71. The lowest BCUT2D eigenvalue weighted by atomic mass is 9.64. The standard InChI is InChI=1S/C30H48N4O6/c1-6-12-32(13-7-2)26(36)23-24-27(37)34(22(5)21-35)25(30(24)11-10-29(23,9-4)40-30)28(38)33(14-8-3)16-15-31-17-19-39-20-18-31/h6,8,22-25,35H,1,3,7,9-21H2,2,4-5H3/t22-,23+,24+,25?,29-,30?/m1/s1. The third-order valence-corrected chi connectivity index (χ3v) is 9.46. The monoisotopic (exact) mass is 560 g/mol. The van der Waals surface area contributed by atoms with Gasteiger partial charge in [0, 0.05) is 45.8 Å². The first-order chi connectivity index (χ1) is 19.2. The lowest BCUT2D eigenvalue weighted by Crippen LogP contribution is -2.59. The number of carbonyl (C=O) groups is 3. The number of aliphatic hydroxyl groups excluding tert-OH is 1. The fourth-order valence-corrected chi connectivity index (χ4v) is 7.49. The van der Waals surface area contributed by atoms with E-state index in [4.69, 9.17) is 9.47 Å². The molecule has 1 N–H and O–H groups in total. The number of amides is 3. The molecule has 10 heteroatoms. The zero-order valence-electron chi connectivity index (χ0n) is 24.6. The third-order valence-electron chi connectivity index (χ3n) is 9.46. The van der Waals surface area contributed by atoms with Crippen molar-refractivity contribution in [1.82, 2.24) is 19.6 Å². The zero-order valence-corrected chi connectivity index (χ0v) is 24.6. The second-order valence-electron chi connectivity index (χ2n) is 11.7. The van der Waals surface area contributed by atoms with E-state index < -0.39 is 35.1 Å². The number of hydrogen-bond acceptors (Lipinski definition) is 7. The van der Waals surface area contributed by atoms with Crippen LogP contribution in [0.1, 0.15) is 46.5 Å². The molecule has 2 unspecified atom stereocenters. The van der Waals surface area contributed by atoms with E-state index in [1.165, 1.54) is 4.90 Å². The predicted molar refractivity (Wildman–Crippen MR) is 151 cm³/mol. The van der Waals surface area contributed by atoms with Gasteiger partial charge in [0.15, 0.2) is 0 Å². The number of likely N-dealkylation sites (tertiary alicyclic amines) is 1. The summed E-state index contributed by atoms with van der Waals surface area (Å²) >= 11 is 0. The lowest BCUT2D eigenvalue weighted by molar-refractivity contribution is -0.157. The Labute approximate surface area is 238 Å². The summed E-state index contributed by atoms with van der Waals surface area (Å²) in [6, 6.07) is -1.51. The fourth-order valence-electron chi connectivity index (χ4n) is 7.49. The van der Waals surface area contributed by atoms with E-state index >= 15 is 0 Å². The average molecular weight is 561 g/mol. The Hall–Kier alpha value is -2.27. The summed E-state index contributed by atoms with van der Waals surface area (Å²) in [5.74, 6) is -2.04. The molecule has 4 saturated heterocycles. The molecule has 0 aromatic carbocycles. The van der Waals surface area contributed by atoms with Crippen molar-refractivity contribution in [2.24, 2.45) is 11.8 Å². The average Bonchev–Trinajstić information content (AvgIpc) is 3.58. The van der Waals surface area contributed by atoms with Crippen molar-refractivity contribution < 1.29 is 29.0 Å². The molecule has 3 amide bonds. The highest BCUT2D eigenvalue weighted by Gasteiger charge is 2.79. The Bertz CT molecular complexity index is 970. The Morgan fingerprint density at radius 2 is 1.75 bits per heavy atom. The van der Waals surface area contributed by atoms with Crippen molar-refractivity contribution in [3.63, 3.8) is 0 Å². The van der Waals surface area contributed by atoms with Gasteiger partial charge in [0.2, 0.25) is 17.7 Å². The van der Waals surface area contributed by atoms with Crippen LogP contribution < -0.4 is 0 Å². The Kier molecular flexibility index (Phi) is 9.75. The minimum atomic E-state index is -1.11. The number of morpholine rings is 1. The van der Waals surface area contributed by atoms with Crippen LogP contribution in [-0.2, 0) is 23.9 Å². The fraction of sp³-hybridized carbons (Fsp3) is 0.767. The molecule has 4 heterocycles. The third kappa shape index (κ3) is 5.12. The zero-order chi connectivity index (χ0) is 29.1. The molecule has 0 aromatic heterocycles. The van der Waals surface area contributed by atoms with Crippen LogP contribution in [0, 0.1) is 11.8 Å². The van der Waals surface area contributed by atoms with Crippen molar-refractivity contribution in [3.05, 3.63) is 25.3 Å². The molecule has 0 aromatic rings. The second kappa shape index (κ2) is 12.7. The molecule has 6 atom stereocenters. The van der Waals surface area contributed by atoms with E-state index in [1.54, 1.807) is 28.9 Å². The van der Waals surface area contributed by atoms with E-state index in [2.05, 4.69) is 18.1 Å². The van der Waals surface area contributed by atoms with Gasteiger partial charge in [-0.25, -0.2) is 0 Å². The summed E-state index contributed by atoms with van der Waals surface area (Å²) in [6.07, 6.45) is 5.90. The molecule has 0 radical (unpaired) electrons. The molecular formula is C30H48N4O6. The van der Waals surface area contributed by atoms with Gasteiger partial charge in [0.25, 0.3) is 0 Å². The van der Waals surface area contributed by atoms with E-state index in [0.717, 1.165) is 19.5 Å². The molecule has 1 spiro atoms. The van der Waals surface area contributed by atoms with Crippen LogP contribution in [-0.4, -0.2) is 131 Å². The van der Waals surface area contributed by atoms with E-state index in [9.17, 15) is 19.5 Å². The summed E-state index contributed by atoms with van der Waals surface area (Å²) in [4.78, 5) is 50.3. The molecule has 2 bridgehead atoms. The van der Waals surface area contributed by atoms with Crippen LogP contribution in [0.4, 0.5) is 0 Å². The first kappa shape index (κ1) is 30.7. The molecule has 4 rings (SSSR count). The van der Waals surface area contributed by atoms with Crippen molar-refractivity contribution in [1.29, 1.82) is 0 Å². The molecule has 40 heavy (non-hydrogen) atoms. The molecule has 0 aliphatic carbocycles. The quantitative estimate of drug-likeness (QED) is 0.320. The normalized spacial score (nSPS) is 32.1. The van der Waals surface area contributed by atoms with Gasteiger partial charge < -0.3 is 29.3 Å². The van der Waals surface area contributed by atoms with Crippen molar-refractivity contribution >= 4 is 17.7 Å². The van der Waals surface area contributed by atoms with Gasteiger partial charge in [-0.15, -0.1) is 13.2 Å². The van der Waals surface area contributed by atoms with Gasteiger partial charge in [0.1, 0.15) is 11.6 Å². The summed E-state index contributed by atoms with van der Waals surface area (Å²) in [5, 5.41) is 10.2. The second-order valence-corrected chi connectivity index (χ2v) is 11.7. The van der Waals surface area contributed by atoms with Crippen LogP contribution in [0.3, 0.4) is 0 Å². The molecule has 4 aliphatic rings. The number of hydrogen-bond donors (Lipinski definition) is 1. The van der Waals surface area contributed by atoms with Crippen LogP contribution in [0.2, 0.25) is 0 Å². The van der Waals surface area contributed by atoms with E-state index in [-0.39, 0.29) is 24.3 Å². The number of ether oxygens (including phenoxy) is 2. The highest BCUT2D eigenvalue weighted by atomic mass is 16.5. The Morgan fingerprint density at radius 3 is 2.33 bits per heavy atom. The van der Waals surface area contributed by atoms with Crippen LogP contribution in [0.5, 0.6) is 0 Å². The molecule has 10 nitrogen and oxygen atoms in total. The molecule has 0 saturated carbocycles. The Morgan fingerprint density at radius 1 is 1.10 bits per heavy atom. The highest BCUT2D eigenvalue weighted by molar-refractivity contribution is 5.99. The van der Waals surface area contributed by atoms with Crippen molar-refractivity contribution in [2.75, 3.05) is 65.6 Å². The lowest BCUT2D eigenvalue weighted by Gasteiger charge is -2.39. The SMILES string of the molecule is C=CCN(CCN1CCOCC1)C(=O)C1N([C@H](C)CO)C(=O)[C@@H]2[C@@H](C(=O)N(CC=C)CCC)[C@@]3(CC)CCC12O3. The summed E-state index contributed by atoms with van der Waals surface area (Å²) in [5.41, 5.74) is -1.91. The first-order valence-corrected chi connectivity index (χ1v) is 15.0. The minimum absolute atomic E-state index is 0.108. The molecule has 4 aliphatic heterocycles. The topological polar surface area (TPSA) is 103 Å². The predicted octanol–water partition coefficient (Wildman–Crippen LogP) is 1.29. The number of rotatable bonds is 14. The first-order valence-electron chi connectivity index (χ1n) is 15.0. The van der Waals surface area contributed by atoms with Crippen LogP contribution in [0.25, 0.3) is 0 Å². The van der Waals surface area contributed by atoms with E-state index in [0.29, 0.717) is 65.2 Å². The largest absolute Gasteiger partial charge is 0.394 e. The maximum Gasteiger partial charge on any atom is 0.248 e. The maximum atomic E-state index is 14.5. The molecule has 4 fully saturated rings. The number of aliphatic hydroxyl groups is 1. The van der Waals surface area contributed by atoms with Gasteiger partial charge >= 0.3 is 0 Å². The summed E-state index contributed by atoms with van der Waals surface area (Å²) in [7, 11) is 0. The molecule has 224 valence electrons. The minimum Gasteiger partial charge on any atom is -0.394 e. The van der Waals surface area contributed by atoms with Crippen molar-refractivity contribution in [2.45, 2.75) is 69.7 Å². The summed E-state index contributed by atoms with van der Waals surface area (Å²) < 4.78 is 12.4. The molecular weight excluding hydrogens is 512 g/mol. The van der Waals surface area contributed by atoms with Crippen LogP contribution >= 0.6 is 0 Å². The maximum absolute atomic E-state index is 14.5. The number of fused-ring (bicyclic) bond motifs is 1. The van der Waals surface area contributed by atoms with Gasteiger partial charge in [-0.05, 0) is 32.6 Å². The van der Waals surface area contributed by atoms with Crippen LogP contribution in [0.15, 0.2) is 25.3 Å². The number of nitrogens with zero attached hydrogens (tertiary/aromatic N) is 4. The van der Waals surface area contributed by atoms with Gasteiger partial charge in [-0.3, -0.25) is 19.3 Å². The smallest absolute Gasteiger partial charge is 0.248 e. The highest BCUT2D eigenvalue weighted by Crippen LogP contribution is 2.65. The number of carbonyl (C=O) groups excluding carboxylic acids is 3. The van der Waals surface area contributed by atoms with Gasteiger partial charge in [-0.2, -0.15) is 0 Å². The van der Waals surface area contributed by atoms with Crippen molar-refractivity contribution in [3.8, 4) is 0 Å². The summed E-state index contributed by atoms with van der Waals surface area (Å²) in [6.45, 7) is 18.6. The van der Waals surface area contributed by atoms with Gasteiger partial charge in [0.05, 0.1) is 43.3 Å². The van der Waals surface area contributed by atoms with Gasteiger partial charge in [-0.1, -0.05) is 26.0 Å². The van der Waals surface area contributed by atoms with E-state index in [1.807, 2.05) is 13.8 Å².